The minimum Gasteiger partial charge on any atom is -0.463 e. The van der Waals surface area contributed by atoms with Gasteiger partial charge in [-0.2, -0.15) is 0 Å². The number of allylic oxidation sites excluding steroid dienone is 2. The summed E-state index contributed by atoms with van der Waals surface area (Å²) in [5, 5.41) is 0. The van der Waals surface area contributed by atoms with Crippen LogP contribution in [0.3, 0.4) is 0 Å². The first kappa shape index (κ1) is 58.1. The van der Waals surface area contributed by atoms with Gasteiger partial charge in [-0.1, -0.05) is 264 Å². The summed E-state index contributed by atoms with van der Waals surface area (Å²) in [6.07, 6.45) is 62.7. The molecule has 0 aromatic rings. The van der Waals surface area contributed by atoms with Gasteiger partial charge in [0.25, 0.3) is 0 Å². The van der Waals surface area contributed by atoms with Crippen molar-refractivity contribution in [3.05, 3.63) is 12.2 Å². The molecule has 0 aliphatic rings. The maximum Gasteiger partial charge on any atom is 0.305 e. The van der Waals surface area contributed by atoms with Gasteiger partial charge in [0.1, 0.15) is 12.7 Å². The molecule has 1 atom stereocenters. The minimum atomic E-state index is -0.158. The Hall–Kier alpha value is -0.870. The van der Waals surface area contributed by atoms with Gasteiger partial charge in [-0.25, -0.2) is 0 Å². The largest absolute Gasteiger partial charge is 0.463 e. The van der Waals surface area contributed by atoms with E-state index in [1.807, 2.05) is 0 Å². The van der Waals surface area contributed by atoms with Crippen LogP contribution in [0.5, 0.6) is 0 Å². The Bertz CT molecular complexity index is 796. The van der Waals surface area contributed by atoms with Crippen molar-refractivity contribution in [3.8, 4) is 0 Å². The molecule has 4 heteroatoms. The quantitative estimate of drug-likeness (QED) is 0.0348. The van der Waals surface area contributed by atoms with Gasteiger partial charge >= 0.3 is 5.97 Å². The Morgan fingerprint density at radius 2 is 0.661 bits per heavy atom. The van der Waals surface area contributed by atoms with E-state index in [0.29, 0.717) is 19.6 Å². The van der Waals surface area contributed by atoms with Gasteiger partial charge in [-0.15, -0.1) is 0 Å². The van der Waals surface area contributed by atoms with Crippen molar-refractivity contribution in [2.45, 2.75) is 309 Å². The van der Waals surface area contributed by atoms with E-state index in [2.05, 4.69) is 32.9 Å². The highest BCUT2D eigenvalue weighted by Gasteiger charge is 2.13. The number of esters is 1. The molecule has 0 rings (SSSR count). The Morgan fingerprint density at radius 1 is 0.356 bits per heavy atom. The van der Waals surface area contributed by atoms with Gasteiger partial charge in [-0.3, -0.25) is 4.79 Å². The lowest BCUT2D eigenvalue weighted by atomic mass is 10.0. The van der Waals surface area contributed by atoms with Crippen LogP contribution in [0.1, 0.15) is 303 Å². The number of carbonyl (C=O) groups excluding carboxylic acids is 1. The lowest BCUT2D eigenvalue weighted by Crippen LogP contribution is -2.28. The number of carbonyl (C=O) groups is 1. The van der Waals surface area contributed by atoms with Gasteiger partial charge in [0, 0.05) is 19.6 Å². The fraction of sp³-hybridized carbons (Fsp3) is 0.945. The molecule has 0 fully saturated rings. The van der Waals surface area contributed by atoms with Crippen molar-refractivity contribution in [3.63, 3.8) is 0 Å². The fourth-order valence-electron chi connectivity index (χ4n) is 8.26. The normalized spacial score (nSPS) is 12.3. The molecule has 0 aliphatic heterocycles. The zero-order valence-corrected chi connectivity index (χ0v) is 40.8. The Labute approximate surface area is 371 Å². The fourth-order valence-corrected chi connectivity index (χ4v) is 8.26. The van der Waals surface area contributed by atoms with Crippen molar-refractivity contribution in [1.82, 2.24) is 0 Å². The summed E-state index contributed by atoms with van der Waals surface area (Å²) in [5.74, 6) is -0.0717. The van der Waals surface area contributed by atoms with Crippen LogP contribution in [-0.2, 0) is 19.0 Å². The second-order valence-electron chi connectivity index (χ2n) is 18.5. The molecule has 352 valence electrons. The lowest BCUT2D eigenvalue weighted by molar-refractivity contribution is -0.150. The molecule has 0 aromatic heterocycles. The molecule has 0 saturated heterocycles. The predicted octanol–water partition coefficient (Wildman–Crippen LogP) is 18.7. The molecule has 0 N–H and O–H groups in total. The Kier molecular flexibility index (Phi) is 52.5. The van der Waals surface area contributed by atoms with E-state index in [9.17, 15) is 4.79 Å². The topological polar surface area (TPSA) is 44.8 Å². The average molecular weight is 833 g/mol. The number of rotatable bonds is 52. The zero-order valence-electron chi connectivity index (χ0n) is 40.8. The highest BCUT2D eigenvalue weighted by molar-refractivity contribution is 5.69. The van der Waals surface area contributed by atoms with Gasteiger partial charge in [-0.05, 0) is 44.9 Å². The molecule has 0 spiro atoms. The van der Waals surface area contributed by atoms with E-state index in [-0.39, 0.29) is 12.1 Å². The molecule has 0 radical (unpaired) electrons. The molecule has 0 heterocycles. The second kappa shape index (κ2) is 53.3. The first-order valence-corrected chi connectivity index (χ1v) is 27.2. The number of ether oxygens (including phenoxy) is 3. The van der Waals surface area contributed by atoms with Crippen molar-refractivity contribution in [2.75, 3.05) is 26.4 Å². The molecular formula is C55H108O4. The Balaban J connectivity index is 4.10. The van der Waals surface area contributed by atoms with Crippen molar-refractivity contribution >= 4 is 5.97 Å². The summed E-state index contributed by atoms with van der Waals surface area (Å²) in [6.45, 7) is 9.22. The second-order valence-corrected chi connectivity index (χ2v) is 18.5. The number of unbranched alkanes of at least 4 members (excludes halogenated alkanes) is 39. The molecule has 0 aromatic carbocycles. The van der Waals surface area contributed by atoms with E-state index in [0.717, 1.165) is 38.9 Å². The van der Waals surface area contributed by atoms with Crippen LogP contribution in [-0.4, -0.2) is 38.5 Å². The highest BCUT2D eigenvalue weighted by Crippen LogP contribution is 2.16. The van der Waals surface area contributed by atoms with Gasteiger partial charge < -0.3 is 14.2 Å². The van der Waals surface area contributed by atoms with E-state index >= 15 is 0 Å². The first-order chi connectivity index (χ1) is 29.2. The molecule has 4 nitrogen and oxygen atoms in total. The molecule has 1 unspecified atom stereocenters. The van der Waals surface area contributed by atoms with Crippen LogP contribution in [0, 0.1) is 0 Å². The van der Waals surface area contributed by atoms with Crippen LogP contribution in [0.4, 0.5) is 0 Å². The van der Waals surface area contributed by atoms with Crippen LogP contribution < -0.4 is 0 Å². The zero-order chi connectivity index (χ0) is 42.6. The summed E-state index contributed by atoms with van der Waals surface area (Å²) in [6, 6.07) is 0. The van der Waals surface area contributed by atoms with E-state index in [4.69, 9.17) is 14.2 Å². The lowest BCUT2D eigenvalue weighted by Gasteiger charge is -2.18. The highest BCUT2D eigenvalue weighted by atomic mass is 16.6. The van der Waals surface area contributed by atoms with Gasteiger partial charge in [0.15, 0.2) is 0 Å². The van der Waals surface area contributed by atoms with Crippen LogP contribution >= 0.6 is 0 Å². The maximum absolute atomic E-state index is 12.6. The minimum absolute atomic E-state index is 0.0717. The van der Waals surface area contributed by atoms with E-state index in [1.165, 1.54) is 250 Å². The molecule has 0 bridgehead atoms. The van der Waals surface area contributed by atoms with Gasteiger partial charge in [0.05, 0.1) is 6.61 Å². The predicted molar refractivity (Wildman–Crippen MR) is 261 cm³/mol. The number of hydrogen-bond acceptors (Lipinski definition) is 4. The average Bonchev–Trinajstić information content (AvgIpc) is 3.24. The monoisotopic (exact) mass is 833 g/mol. The summed E-state index contributed by atoms with van der Waals surface area (Å²) in [7, 11) is 0. The smallest absolute Gasteiger partial charge is 0.305 e. The molecule has 0 amide bonds. The third kappa shape index (κ3) is 51.4. The van der Waals surface area contributed by atoms with Crippen molar-refractivity contribution < 1.29 is 19.0 Å². The molecule has 59 heavy (non-hydrogen) atoms. The SMILES string of the molecule is CCCCCCCCC=CCCCCCCCCOC(COCCCCCCCCCCCCCCCC)COC(=O)CCCCCCCCCCCCCCCCC. The van der Waals surface area contributed by atoms with Crippen molar-refractivity contribution in [1.29, 1.82) is 0 Å². The third-order valence-electron chi connectivity index (χ3n) is 12.4. The van der Waals surface area contributed by atoms with Crippen LogP contribution in [0.15, 0.2) is 12.2 Å². The van der Waals surface area contributed by atoms with E-state index in [1.54, 1.807) is 0 Å². The van der Waals surface area contributed by atoms with Crippen LogP contribution in [0.2, 0.25) is 0 Å². The third-order valence-corrected chi connectivity index (χ3v) is 12.4. The van der Waals surface area contributed by atoms with Gasteiger partial charge in [0.2, 0.25) is 0 Å². The standard InChI is InChI=1S/C55H108O4/c1-4-7-10-13-16-19-22-25-28-30-33-36-39-42-45-48-51-58-54(52-57-50-47-44-41-38-35-32-27-24-21-18-15-12-9-6-3)53-59-55(56)49-46-43-40-37-34-31-29-26-23-20-17-14-11-8-5-2/h25,28,54H,4-24,26-27,29-53H2,1-3H3. The first-order valence-electron chi connectivity index (χ1n) is 27.2. The summed E-state index contributed by atoms with van der Waals surface area (Å²) in [4.78, 5) is 12.6. The molecule has 0 saturated carbocycles. The summed E-state index contributed by atoms with van der Waals surface area (Å²) < 4.78 is 18.1. The van der Waals surface area contributed by atoms with Crippen LogP contribution in [0.25, 0.3) is 0 Å². The van der Waals surface area contributed by atoms with E-state index < -0.39 is 0 Å². The summed E-state index contributed by atoms with van der Waals surface area (Å²) in [5.41, 5.74) is 0. The maximum atomic E-state index is 12.6. The number of hydrogen-bond donors (Lipinski definition) is 0. The molecule has 0 aliphatic carbocycles. The Morgan fingerprint density at radius 3 is 1.03 bits per heavy atom. The molecular weight excluding hydrogens is 725 g/mol. The van der Waals surface area contributed by atoms with Crippen molar-refractivity contribution in [2.24, 2.45) is 0 Å². The summed E-state index contributed by atoms with van der Waals surface area (Å²) >= 11 is 0.